The fourth-order valence-electron chi connectivity index (χ4n) is 2.18. The summed E-state index contributed by atoms with van der Waals surface area (Å²) in [5.41, 5.74) is 1.09. The molecular formula is C16H12NO5-. The topological polar surface area (TPSA) is 82.1 Å². The molecule has 3 rings (SSSR count). The number of ketones is 1. The van der Waals surface area contributed by atoms with Gasteiger partial charge in [0.2, 0.25) is 5.78 Å². The minimum absolute atomic E-state index is 0.0685. The predicted octanol–water partition coefficient (Wildman–Crippen LogP) is 3.00. The number of benzene rings is 2. The highest BCUT2D eigenvalue weighted by molar-refractivity contribution is 6.14. The third kappa shape index (κ3) is 2.52. The third-order valence-electron chi connectivity index (χ3n) is 3.27. The molecule has 1 N–H and O–H groups in total. The van der Waals surface area contributed by atoms with Gasteiger partial charge in [-0.05, 0) is 35.9 Å². The van der Waals surface area contributed by atoms with E-state index in [4.69, 9.17) is 14.7 Å². The molecule has 0 saturated carbocycles. The lowest BCUT2D eigenvalue weighted by Gasteiger charge is -2.21. The average Bonchev–Trinajstić information content (AvgIpc) is 2.83. The first-order valence-corrected chi connectivity index (χ1v) is 6.47. The lowest BCUT2D eigenvalue weighted by atomic mass is 10.1. The molecule has 0 atom stereocenters. The molecule has 1 aliphatic rings. The van der Waals surface area contributed by atoms with Gasteiger partial charge in [0.15, 0.2) is 5.76 Å². The van der Waals surface area contributed by atoms with Crippen LogP contribution in [0.1, 0.15) is 15.9 Å². The first kappa shape index (κ1) is 14.1. The van der Waals surface area contributed by atoms with Crippen molar-refractivity contribution in [3.05, 3.63) is 64.6 Å². The quantitative estimate of drug-likeness (QED) is 0.693. The van der Waals surface area contributed by atoms with E-state index in [-0.39, 0.29) is 22.5 Å². The number of hydrogen-bond donors (Lipinski definition) is 1. The molecule has 0 aliphatic carbocycles. The maximum atomic E-state index is 12.3. The highest BCUT2D eigenvalue weighted by Gasteiger charge is 2.27. The minimum Gasteiger partial charge on any atom is -0.733 e. The summed E-state index contributed by atoms with van der Waals surface area (Å²) in [6, 6.07) is 11.1. The zero-order valence-corrected chi connectivity index (χ0v) is 11.6. The number of methoxy groups -OCH3 is 1. The Morgan fingerprint density at radius 3 is 2.82 bits per heavy atom. The molecule has 1 heterocycles. The Kier molecular flexibility index (Phi) is 3.54. The number of fused-ring (bicyclic) bond motifs is 1. The molecule has 0 unspecified atom stereocenters. The molecule has 112 valence electrons. The lowest BCUT2D eigenvalue weighted by molar-refractivity contribution is 0.101. The summed E-state index contributed by atoms with van der Waals surface area (Å²) in [7, 11) is 1.53. The van der Waals surface area contributed by atoms with Crippen molar-refractivity contribution in [1.29, 1.82) is 0 Å². The summed E-state index contributed by atoms with van der Waals surface area (Å²) < 4.78 is 10.6. The number of ether oxygens (including phenoxy) is 2. The van der Waals surface area contributed by atoms with E-state index in [1.54, 1.807) is 30.3 Å². The largest absolute Gasteiger partial charge is 0.733 e. The van der Waals surface area contributed by atoms with Gasteiger partial charge in [-0.15, -0.1) is 0 Å². The average molecular weight is 298 g/mol. The fraction of sp³-hybridized carbons (Fsp3) is 0.0625. The molecule has 0 fully saturated rings. The molecule has 2 aromatic rings. The van der Waals surface area contributed by atoms with Gasteiger partial charge >= 0.3 is 0 Å². The molecule has 0 spiro atoms. The zero-order valence-electron chi connectivity index (χ0n) is 11.6. The highest BCUT2D eigenvalue weighted by Crippen LogP contribution is 2.34. The molecule has 6 nitrogen and oxygen atoms in total. The number of nitrogens with zero attached hydrogens (tertiary/aromatic N) is 1. The van der Waals surface area contributed by atoms with Gasteiger partial charge < -0.3 is 19.9 Å². The van der Waals surface area contributed by atoms with Gasteiger partial charge in [0, 0.05) is 6.07 Å². The van der Waals surface area contributed by atoms with Crippen molar-refractivity contribution in [3.8, 4) is 11.5 Å². The summed E-state index contributed by atoms with van der Waals surface area (Å²) in [5, 5.41) is 19.6. The van der Waals surface area contributed by atoms with Gasteiger partial charge in [0.05, 0.1) is 18.4 Å². The maximum absolute atomic E-state index is 12.3. The van der Waals surface area contributed by atoms with Gasteiger partial charge in [-0.1, -0.05) is 12.1 Å². The van der Waals surface area contributed by atoms with Gasteiger partial charge in [-0.2, -0.15) is 0 Å². The zero-order chi connectivity index (χ0) is 15.7. The SMILES string of the molecule is COc1ccc2c(c1)OC(=Cc1cccc(N([O-])O)c1)C2=O. The van der Waals surface area contributed by atoms with Crippen molar-refractivity contribution in [2.75, 3.05) is 12.3 Å². The number of Topliss-reactive ketones (excluding diaryl/α,β-unsaturated/α-hetero) is 1. The van der Waals surface area contributed by atoms with E-state index in [1.165, 1.54) is 25.3 Å². The number of rotatable bonds is 3. The Hall–Kier alpha value is -2.83. The summed E-state index contributed by atoms with van der Waals surface area (Å²) >= 11 is 0. The monoisotopic (exact) mass is 298 g/mol. The molecular weight excluding hydrogens is 286 g/mol. The van der Waals surface area contributed by atoms with E-state index >= 15 is 0 Å². The van der Waals surface area contributed by atoms with Crippen LogP contribution >= 0.6 is 0 Å². The van der Waals surface area contributed by atoms with Crippen LogP contribution in [0.5, 0.6) is 11.5 Å². The second-order valence-electron chi connectivity index (χ2n) is 4.67. The van der Waals surface area contributed by atoms with Crippen LogP contribution in [0.25, 0.3) is 6.08 Å². The minimum atomic E-state index is -0.244. The van der Waals surface area contributed by atoms with E-state index in [9.17, 15) is 10.0 Å². The Bertz CT molecular complexity index is 767. The second-order valence-corrected chi connectivity index (χ2v) is 4.67. The third-order valence-corrected chi connectivity index (χ3v) is 3.27. The van der Waals surface area contributed by atoms with E-state index in [2.05, 4.69) is 0 Å². The maximum Gasteiger partial charge on any atom is 0.231 e. The number of allylic oxidation sites excluding steroid dienone is 1. The van der Waals surface area contributed by atoms with E-state index in [0.29, 0.717) is 22.6 Å². The number of hydrogen-bond acceptors (Lipinski definition) is 6. The van der Waals surface area contributed by atoms with Crippen molar-refractivity contribution in [1.82, 2.24) is 0 Å². The Labute approximate surface area is 126 Å². The van der Waals surface area contributed by atoms with Crippen LogP contribution in [0, 0.1) is 5.21 Å². The highest BCUT2D eigenvalue weighted by atomic mass is 16.8. The molecule has 2 aromatic carbocycles. The van der Waals surface area contributed by atoms with Crippen LogP contribution in [0.4, 0.5) is 5.69 Å². The van der Waals surface area contributed by atoms with E-state index in [1.807, 2.05) is 0 Å². The summed E-state index contributed by atoms with van der Waals surface area (Å²) in [6.07, 6.45) is 1.52. The lowest BCUT2D eigenvalue weighted by Crippen LogP contribution is -2.06. The standard InChI is InChI=1S/C16H12NO5/c1-21-12-5-6-13-14(9-12)22-15(16(13)18)8-10-3-2-4-11(7-10)17(19)20/h2-9,19H,1H3/q-1. The molecule has 0 aromatic heterocycles. The normalized spacial score (nSPS) is 14.7. The van der Waals surface area contributed by atoms with Crippen LogP contribution in [0.3, 0.4) is 0 Å². The number of anilines is 1. The van der Waals surface area contributed by atoms with E-state index in [0.717, 1.165) is 0 Å². The Morgan fingerprint density at radius 2 is 2.09 bits per heavy atom. The fourth-order valence-corrected chi connectivity index (χ4v) is 2.18. The van der Waals surface area contributed by atoms with Crippen LogP contribution < -0.4 is 14.7 Å². The van der Waals surface area contributed by atoms with Crippen molar-refractivity contribution in [2.45, 2.75) is 0 Å². The van der Waals surface area contributed by atoms with Crippen molar-refractivity contribution >= 4 is 17.5 Å². The van der Waals surface area contributed by atoms with Gasteiger partial charge in [-0.25, -0.2) is 0 Å². The summed E-state index contributed by atoms with van der Waals surface area (Å²) in [6.45, 7) is 0. The van der Waals surface area contributed by atoms with E-state index < -0.39 is 0 Å². The molecule has 22 heavy (non-hydrogen) atoms. The molecule has 0 bridgehead atoms. The van der Waals surface area contributed by atoms with Gasteiger partial charge in [-0.3, -0.25) is 10.0 Å². The predicted molar refractivity (Wildman–Crippen MR) is 80.0 cm³/mol. The molecule has 0 amide bonds. The number of carbonyl (C=O) groups excluding carboxylic acids is 1. The first-order valence-electron chi connectivity index (χ1n) is 6.47. The van der Waals surface area contributed by atoms with Crippen molar-refractivity contribution in [2.24, 2.45) is 0 Å². The van der Waals surface area contributed by atoms with Crippen LogP contribution in [0.15, 0.2) is 48.2 Å². The molecule has 0 radical (unpaired) electrons. The molecule has 0 saturated heterocycles. The Morgan fingerprint density at radius 1 is 1.27 bits per heavy atom. The summed E-state index contributed by atoms with van der Waals surface area (Å²) in [4.78, 5) is 12.3. The van der Waals surface area contributed by atoms with Gasteiger partial charge in [0.1, 0.15) is 11.5 Å². The summed E-state index contributed by atoms with van der Waals surface area (Å²) in [5.74, 6) is 0.929. The van der Waals surface area contributed by atoms with Crippen molar-refractivity contribution < 1.29 is 19.5 Å². The Balaban J connectivity index is 1.94. The molecule has 6 heteroatoms. The first-order chi connectivity index (χ1) is 10.6. The second kappa shape index (κ2) is 5.51. The van der Waals surface area contributed by atoms with Gasteiger partial charge in [0.25, 0.3) is 0 Å². The van der Waals surface area contributed by atoms with Crippen LogP contribution in [0.2, 0.25) is 0 Å². The molecule has 1 aliphatic heterocycles. The van der Waals surface area contributed by atoms with Crippen LogP contribution in [-0.4, -0.2) is 18.1 Å². The smallest absolute Gasteiger partial charge is 0.231 e. The number of carbonyl (C=O) groups is 1. The van der Waals surface area contributed by atoms with Crippen LogP contribution in [-0.2, 0) is 0 Å². The van der Waals surface area contributed by atoms with Crippen molar-refractivity contribution in [3.63, 3.8) is 0 Å².